The Morgan fingerprint density at radius 2 is 2.47 bits per heavy atom. The zero-order valence-electron chi connectivity index (χ0n) is 8.13. The van der Waals surface area contributed by atoms with Gasteiger partial charge in [-0.2, -0.15) is 9.40 Å². The third-order valence-corrected chi connectivity index (χ3v) is 4.45. The summed E-state index contributed by atoms with van der Waals surface area (Å²) in [6, 6.07) is 0. The molecule has 1 atom stereocenters. The highest BCUT2D eigenvalue weighted by molar-refractivity contribution is 7.89. The van der Waals surface area contributed by atoms with Crippen molar-refractivity contribution >= 4 is 10.0 Å². The van der Waals surface area contributed by atoms with E-state index in [1.165, 1.54) is 16.7 Å². The molecule has 0 aliphatic carbocycles. The fourth-order valence-electron chi connectivity index (χ4n) is 1.69. The van der Waals surface area contributed by atoms with Gasteiger partial charge in [0.05, 0.1) is 6.20 Å². The number of aromatic nitrogens is 2. The summed E-state index contributed by atoms with van der Waals surface area (Å²) in [6.45, 7) is 0.903. The number of sulfonamides is 1. The maximum Gasteiger partial charge on any atom is 0.246 e. The highest BCUT2D eigenvalue weighted by Crippen LogP contribution is 2.23. The maximum atomic E-state index is 11.9. The summed E-state index contributed by atoms with van der Waals surface area (Å²) >= 11 is 0. The van der Waals surface area contributed by atoms with Crippen molar-refractivity contribution < 1.29 is 13.5 Å². The average molecular weight is 231 g/mol. The Balaban J connectivity index is 2.18. The van der Waals surface area contributed by atoms with Crippen LogP contribution >= 0.6 is 0 Å². The molecule has 15 heavy (non-hydrogen) atoms. The molecule has 0 aromatic carbocycles. The third-order valence-electron chi connectivity index (χ3n) is 2.62. The van der Waals surface area contributed by atoms with Crippen LogP contribution in [0.2, 0.25) is 0 Å². The first-order valence-corrected chi connectivity index (χ1v) is 6.18. The van der Waals surface area contributed by atoms with Crippen molar-refractivity contribution in [1.82, 2.24) is 14.5 Å². The Kier molecular flexibility index (Phi) is 2.76. The second kappa shape index (κ2) is 3.92. The molecule has 1 aliphatic rings. The molecule has 1 aromatic rings. The van der Waals surface area contributed by atoms with Gasteiger partial charge in [0, 0.05) is 25.9 Å². The van der Waals surface area contributed by atoms with E-state index in [-0.39, 0.29) is 17.4 Å². The van der Waals surface area contributed by atoms with E-state index in [0.29, 0.717) is 19.5 Å². The van der Waals surface area contributed by atoms with E-state index < -0.39 is 10.0 Å². The van der Waals surface area contributed by atoms with Crippen LogP contribution in [0, 0.1) is 5.92 Å². The molecule has 0 radical (unpaired) electrons. The quantitative estimate of drug-likeness (QED) is 0.728. The number of aliphatic hydroxyl groups excluding tert-OH is 1. The molecule has 0 bridgehead atoms. The molecule has 2 N–H and O–H groups in total. The molecule has 6 nitrogen and oxygen atoms in total. The minimum Gasteiger partial charge on any atom is -0.396 e. The number of hydrogen-bond donors (Lipinski definition) is 2. The average Bonchev–Trinajstić information content (AvgIpc) is 2.89. The Bertz CT molecular complexity index is 414. The van der Waals surface area contributed by atoms with Gasteiger partial charge in [0.25, 0.3) is 0 Å². The normalized spacial score (nSPS) is 23.4. The van der Waals surface area contributed by atoms with Crippen molar-refractivity contribution in [3.8, 4) is 0 Å². The zero-order valence-corrected chi connectivity index (χ0v) is 8.94. The number of hydrogen-bond acceptors (Lipinski definition) is 4. The van der Waals surface area contributed by atoms with Gasteiger partial charge in [-0.25, -0.2) is 8.42 Å². The lowest BCUT2D eigenvalue weighted by atomic mass is 10.1. The molecule has 0 amide bonds. The number of nitrogens with zero attached hydrogens (tertiary/aromatic N) is 2. The molecule has 2 heterocycles. The number of nitrogens with one attached hydrogen (secondary N) is 1. The van der Waals surface area contributed by atoms with Crippen molar-refractivity contribution in [3.63, 3.8) is 0 Å². The van der Waals surface area contributed by atoms with Crippen LogP contribution in [-0.2, 0) is 10.0 Å². The fraction of sp³-hybridized carbons (Fsp3) is 0.625. The minimum atomic E-state index is -3.41. The van der Waals surface area contributed by atoms with Crippen LogP contribution in [0.3, 0.4) is 0 Å². The summed E-state index contributed by atoms with van der Waals surface area (Å²) in [5.41, 5.74) is 0. The zero-order chi connectivity index (χ0) is 10.9. The van der Waals surface area contributed by atoms with E-state index in [0.717, 1.165) is 0 Å². The maximum absolute atomic E-state index is 11.9. The van der Waals surface area contributed by atoms with E-state index in [1.54, 1.807) is 0 Å². The van der Waals surface area contributed by atoms with E-state index in [4.69, 9.17) is 5.11 Å². The van der Waals surface area contributed by atoms with E-state index in [2.05, 4.69) is 10.2 Å². The lowest BCUT2D eigenvalue weighted by molar-refractivity contribution is 0.233. The van der Waals surface area contributed by atoms with Gasteiger partial charge in [-0.15, -0.1) is 0 Å². The van der Waals surface area contributed by atoms with Gasteiger partial charge in [0.15, 0.2) is 0 Å². The van der Waals surface area contributed by atoms with Gasteiger partial charge in [-0.3, -0.25) is 5.10 Å². The van der Waals surface area contributed by atoms with Crippen LogP contribution in [0.4, 0.5) is 0 Å². The van der Waals surface area contributed by atoms with Crippen molar-refractivity contribution in [1.29, 1.82) is 0 Å². The van der Waals surface area contributed by atoms with Crippen molar-refractivity contribution in [3.05, 3.63) is 12.4 Å². The molecule has 1 aromatic heterocycles. The smallest absolute Gasteiger partial charge is 0.246 e. The molecule has 1 saturated heterocycles. The number of H-pyrrole nitrogens is 1. The molecule has 2 rings (SSSR count). The Morgan fingerprint density at radius 1 is 1.67 bits per heavy atom. The molecule has 7 heteroatoms. The van der Waals surface area contributed by atoms with Gasteiger partial charge in [0.1, 0.15) is 4.90 Å². The second-order valence-corrected chi connectivity index (χ2v) is 5.57. The molecular formula is C8H13N3O3S. The summed E-state index contributed by atoms with van der Waals surface area (Å²) in [7, 11) is -3.41. The van der Waals surface area contributed by atoms with Gasteiger partial charge in [-0.1, -0.05) is 0 Å². The summed E-state index contributed by atoms with van der Waals surface area (Å²) in [5.74, 6) is 0.0617. The SMILES string of the molecule is O=S(=O)(c1cn[nH]c1)N1CCC(CO)C1. The summed E-state index contributed by atoms with van der Waals surface area (Å²) in [5, 5.41) is 15.0. The Morgan fingerprint density at radius 3 is 3.00 bits per heavy atom. The predicted molar refractivity (Wildman–Crippen MR) is 52.5 cm³/mol. The van der Waals surface area contributed by atoms with Crippen LogP contribution in [0.1, 0.15) is 6.42 Å². The lowest BCUT2D eigenvalue weighted by Gasteiger charge is -2.14. The standard InChI is InChI=1S/C8H13N3O3S/c12-6-7-1-2-11(5-7)15(13,14)8-3-9-10-4-8/h3-4,7,12H,1-2,5-6H2,(H,9,10). The first-order chi connectivity index (χ1) is 7.14. The highest BCUT2D eigenvalue weighted by Gasteiger charge is 2.32. The molecule has 0 saturated carbocycles. The first kappa shape index (κ1) is 10.6. The molecule has 1 unspecified atom stereocenters. The second-order valence-electron chi connectivity index (χ2n) is 3.63. The first-order valence-electron chi connectivity index (χ1n) is 4.74. The van der Waals surface area contributed by atoms with E-state index >= 15 is 0 Å². The van der Waals surface area contributed by atoms with Crippen LogP contribution in [0.25, 0.3) is 0 Å². The van der Waals surface area contributed by atoms with Crippen LogP contribution < -0.4 is 0 Å². The van der Waals surface area contributed by atoms with Gasteiger partial charge >= 0.3 is 0 Å². The van der Waals surface area contributed by atoms with Gasteiger partial charge in [-0.05, 0) is 12.3 Å². The van der Waals surface area contributed by atoms with Crippen LogP contribution in [0.15, 0.2) is 17.3 Å². The summed E-state index contributed by atoms with van der Waals surface area (Å²) in [4.78, 5) is 0.182. The van der Waals surface area contributed by atoms with E-state index in [9.17, 15) is 8.42 Å². The topological polar surface area (TPSA) is 86.3 Å². The number of aliphatic hydroxyl groups is 1. The number of rotatable bonds is 3. The van der Waals surface area contributed by atoms with Gasteiger partial charge < -0.3 is 5.11 Å². The van der Waals surface area contributed by atoms with Gasteiger partial charge in [0.2, 0.25) is 10.0 Å². The van der Waals surface area contributed by atoms with E-state index in [1.807, 2.05) is 0 Å². The Labute approximate surface area is 88.0 Å². The molecule has 0 spiro atoms. The monoisotopic (exact) mass is 231 g/mol. The van der Waals surface area contributed by atoms with Crippen molar-refractivity contribution in [2.24, 2.45) is 5.92 Å². The third kappa shape index (κ3) is 1.90. The highest BCUT2D eigenvalue weighted by atomic mass is 32.2. The summed E-state index contributed by atoms with van der Waals surface area (Å²) in [6.07, 6.45) is 3.37. The van der Waals surface area contributed by atoms with Crippen LogP contribution in [-0.4, -0.2) is 47.7 Å². The fourth-order valence-corrected chi connectivity index (χ4v) is 3.13. The Hall–Kier alpha value is -0.920. The molecular weight excluding hydrogens is 218 g/mol. The largest absolute Gasteiger partial charge is 0.396 e. The lowest BCUT2D eigenvalue weighted by Crippen LogP contribution is -2.29. The van der Waals surface area contributed by atoms with Crippen LogP contribution in [0.5, 0.6) is 0 Å². The molecule has 1 fully saturated rings. The summed E-state index contributed by atoms with van der Waals surface area (Å²) < 4.78 is 25.3. The molecule has 1 aliphatic heterocycles. The predicted octanol–water partition coefficient (Wildman–Crippen LogP) is -0.587. The molecule has 84 valence electrons. The number of aromatic amines is 1. The minimum absolute atomic E-state index is 0.0391. The van der Waals surface area contributed by atoms with Crippen molar-refractivity contribution in [2.45, 2.75) is 11.3 Å². The van der Waals surface area contributed by atoms with Crippen molar-refractivity contribution in [2.75, 3.05) is 19.7 Å².